The van der Waals surface area contributed by atoms with Crippen molar-refractivity contribution in [2.24, 2.45) is 0 Å². The summed E-state index contributed by atoms with van der Waals surface area (Å²) in [4.78, 5) is 22.8. The summed E-state index contributed by atoms with van der Waals surface area (Å²) < 4.78 is 4.72. The van der Waals surface area contributed by atoms with Gasteiger partial charge in [0, 0.05) is 31.8 Å². The zero-order valence-electron chi connectivity index (χ0n) is 9.41. The molecular weight excluding hydrogens is 230 g/mol. The summed E-state index contributed by atoms with van der Waals surface area (Å²) in [6.07, 6.45) is 1.52. The van der Waals surface area contributed by atoms with Crippen LogP contribution in [0.1, 0.15) is 0 Å². The Labute approximate surface area is 98.9 Å². The van der Waals surface area contributed by atoms with Crippen LogP contribution in [-0.4, -0.2) is 71.6 Å². The van der Waals surface area contributed by atoms with Crippen LogP contribution in [0.15, 0.2) is 12.2 Å². The Morgan fingerprint density at radius 2 is 1.65 bits per heavy atom. The molecule has 0 saturated carbocycles. The van der Waals surface area contributed by atoms with E-state index >= 15 is 0 Å². The van der Waals surface area contributed by atoms with E-state index < -0.39 is 11.9 Å². The number of carbonyl (C=O) groups excluding carboxylic acids is 1. The summed E-state index contributed by atoms with van der Waals surface area (Å²) in [6.45, 7) is 1.10. The number of rotatable bonds is 9. The summed E-state index contributed by atoms with van der Waals surface area (Å²) in [7, 11) is 0. The van der Waals surface area contributed by atoms with Gasteiger partial charge in [0.1, 0.15) is 6.61 Å². The van der Waals surface area contributed by atoms with Crippen molar-refractivity contribution < 1.29 is 29.6 Å². The zero-order chi connectivity index (χ0) is 13.1. The molecule has 17 heavy (non-hydrogen) atoms. The largest absolute Gasteiger partial charge is 0.478 e. The summed E-state index contributed by atoms with van der Waals surface area (Å²) >= 11 is 0. The topological polar surface area (TPSA) is 107 Å². The van der Waals surface area contributed by atoms with Crippen molar-refractivity contribution in [3.05, 3.63) is 12.2 Å². The molecule has 7 nitrogen and oxygen atoms in total. The third-order valence-corrected chi connectivity index (χ3v) is 1.85. The number of aliphatic carboxylic acids is 1. The van der Waals surface area contributed by atoms with Crippen LogP contribution < -0.4 is 0 Å². The first-order chi connectivity index (χ1) is 8.10. The monoisotopic (exact) mass is 247 g/mol. The van der Waals surface area contributed by atoms with Gasteiger partial charge in [-0.3, -0.25) is 4.90 Å². The molecule has 0 aliphatic heterocycles. The average molecular weight is 247 g/mol. The predicted octanol–water partition coefficient (Wildman–Crippen LogP) is -1.54. The third kappa shape index (κ3) is 9.49. The number of nitrogens with zero attached hydrogens (tertiary/aromatic N) is 1. The smallest absolute Gasteiger partial charge is 0.331 e. The van der Waals surface area contributed by atoms with E-state index in [9.17, 15) is 9.59 Å². The first kappa shape index (κ1) is 15.6. The van der Waals surface area contributed by atoms with Gasteiger partial charge < -0.3 is 20.1 Å². The fourth-order valence-corrected chi connectivity index (χ4v) is 1.08. The van der Waals surface area contributed by atoms with E-state index in [4.69, 9.17) is 20.1 Å². The molecule has 0 rings (SSSR count). The first-order valence-corrected chi connectivity index (χ1v) is 5.12. The van der Waals surface area contributed by atoms with Gasteiger partial charge in [-0.05, 0) is 0 Å². The van der Waals surface area contributed by atoms with Crippen LogP contribution in [0.25, 0.3) is 0 Å². The molecule has 0 heterocycles. The molecule has 0 unspecified atom stereocenters. The lowest BCUT2D eigenvalue weighted by atomic mass is 10.4. The fourth-order valence-electron chi connectivity index (χ4n) is 1.08. The van der Waals surface area contributed by atoms with Crippen molar-refractivity contribution in [2.75, 3.05) is 39.5 Å². The second-order valence-corrected chi connectivity index (χ2v) is 3.13. The maximum absolute atomic E-state index is 11.0. The van der Waals surface area contributed by atoms with Crippen LogP contribution in [0.4, 0.5) is 0 Å². The van der Waals surface area contributed by atoms with Crippen LogP contribution >= 0.6 is 0 Å². The van der Waals surface area contributed by atoms with Gasteiger partial charge in [0.25, 0.3) is 0 Å². The summed E-state index contributed by atoms with van der Waals surface area (Å²) in [6, 6.07) is 0. The SMILES string of the molecule is O=C(O)C=CC(=O)OCCN(CCO)CCO. The summed E-state index contributed by atoms with van der Waals surface area (Å²) in [5, 5.41) is 25.7. The second kappa shape index (κ2) is 9.76. The highest BCUT2D eigenvalue weighted by molar-refractivity contribution is 5.90. The molecule has 0 bridgehead atoms. The lowest BCUT2D eigenvalue weighted by Crippen LogP contribution is -2.33. The van der Waals surface area contributed by atoms with Gasteiger partial charge in [0.05, 0.1) is 13.2 Å². The summed E-state index contributed by atoms with van der Waals surface area (Å²) in [5.74, 6) is -1.95. The van der Waals surface area contributed by atoms with Crippen molar-refractivity contribution in [3.8, 4) is 0 Å². The Hall–Kier alpha value is -1.44. The molecule has 7 heteroatoms. The van der Waals surface area contributed by atoms with Gasteiger partial charge in [0.2, 0.25) is 0 Å². The standard InChI is InChI=1S/C10H17NO6/c12-6-3-11(4-7-13)5-8-17-10(16)2-1-9(14)15/h1-2,12-13H,3-8H2,(H,14,15). The maximum Gasteiger partial charge on any atom is 0.331 e. The van der Waals surface area contributed by atoms with E-state index in [0.29, 0.717) is 25.7 Å². The minimum atomic E-state index is -1.22. The molecular formula is C10H17NO6. The number of carboxylic acids is 1. The van der Waals surface area contributed by atoms with Crippen LogP contribution in [-0.2, 0) is 14.3 Å². The lowest BCUT2D eigenvalue weighted by Gasteiger charge is -2.19. The Morgan fingerprint density at radius 1 is 1.06 bits per heavy atom. The van der Waals surface area contributed by atoms with Crippen molar-refractivity contribution in [1.29, 1.82) is 0 Å². The molecule has 0 aromatic rings. The highest BCUT2D eigenvalue weighted by Gasteiger charge is 2.04. The van der Waals surface area contributed by atoms with Crippen LogP contribution in [0, 0.1) is 0 Å². The molecule has 0 aromatic heterocycles. The number of aliphatic hydroxyl groups is 2. The molecule has 0 atom stereocenters. The van der Waals surface area contributed by atoms with E-state index in [0.717, 1.165) is 6.08 Å². The van der Waals surface area contributed by atoms with Crippen molar-refractivity contribution in [1.82, 2.24) is 4.90 Å². The van der Waals surface area contributed by atoms with Crippen molar-refractivity contribution in [2.45, 2.75) is 0 Å². The number of carbonyl (C=O) groups is 2. The Morgan fingerprint density at radius 3 is 2.12 bits per heavy atom. The van der Waals surface area contributed by atoms with Crippen LogP contribution in [0.2, 0.25) is 0 Å². The Balaban J connectivity index is 3.79. The Bertz CT molecular complexity index is 260. The minimum Gasteiger partial charge on any atom is -0.478 e. The highest BCUT2D eigenvalue weighted by atomic mass is 16.5. The van der Waals surface area contributed by atoms with E-state index in [2.05, 4.69) is 0 Å². The Kier molecular flexibility index (Phi) is 8.94. The van der Waals surface area contributed by atoms with Crippen molar-refractivity contribution in [3.63, 3.8) is 0 Å². The van der Waals surface area contributed by atoms with Crippen LogP contribution in [0.5, 0.6) is 0 Å². The number of esters is 1. The summed E-state index contributed by atoms with van der Waals surface area (Å²) in [5.41, 5.74) is 0. The molecule has 98 valence electrons. The lowest BCUT2D eigenvalue weighted by molar-refractivity contribution is -0.139. The van der Waals surface area contributed by atoms with E-state index in [1.54, 1.807) is 4.90 Å². The minimum absolute atomic E-state index is 0.0487. The number of ether oxygens (including phenoxy) is 1. The maximum atomic E-state index is 11.0. The van der Waals surface area contributed by atoms with Crippen molar-refractivity contribution >= 4 is 11.9 Å². The van der Waals surface area contributed by atoms with E-state index in [-0.39, 0.29) is 19.8 Å². The molecule has 3 N–H and O–H groups in total. The normalized spacial score (nSPS) is 11.0. The van der Waals surface area contributed by atoms with Gasteiger partial charge in [-0.1, -0.05) is 0 Å². The van der Waals surface area contributed by atoms with Crippen LogP contribution in [0.3, 0.4) is 0 Å². The highest BCUT2D eigenvalue weighted by Crippen LogP contribution is 1.89. The second-order valence-electron chi connectivity index (χ2n) is 3.13. The molecule has 0 amide bonds. The number of aliphatic hydroxyl groups excluding tert-OH is 2. The molecule has 0 saturated heterocycles. The quantitative estimate of drug-likeness (QED) is 0.334. The zero-order valence-corrected chi connectivity index (χ0v) is 9.41. The number of hydrogen-bond donors (Lipinski definition) is 3. The number of carboxylic acid groups (broad SMARTS) is 1. The average Bonchev–Trinajstić information content (AvgIpc) is 2.27. The predicted molar refractivity (Wildman–Crippen MR) is 58.3 cm³/mol. The van der Waals surface area contributed by atoms with Gasteiger partial charge in [0.15, 0.2) is 0 Å². The van der Waals surface area contributed by atoms with E-state index in [1.807, 2.05) is 0 Å². The molecule has 0 aromatic carbocycles. The first-order valence-electron chi connectivity index (χ1n) is 5.12. The van der Waals surface area contributed by atoms with E-state index in [1.165, 1.54) is 0 Å². The van der Waals surface area contributed by atoms with Gasteiger partial charge in [-0.2, -0.15) is 0 Å². The van der Waals surface area contributed by atoms with Gasteiger partial charge in [-0.15, -0.1) is 0 Å². The number of hydrogen-bond acceptors (Lipinski definition) is 6. The van der Waals surface area contributed by atoms with Gasteiger partial charge >= 0.3 is 11.9 Å². The third-order valence-electron chi connectivity index (χ3n) is 1.85. The fraction of sp³-hybridized carbons (Fsp3) is 0.600. The molecule has 0 aliphatic carbocycles. The molecule has 0 fully saturated rings. The molecule has 0 aliphatic rings. The molecule has 0 radical (unpaired) electrons. The molecule has 0 spiro atoms. The van der Waals surface area contributed by atoms with Gasteiger partial charge in [-0.25, -0.2) is 9.59 Å².